The molecular weight excluding hydrogens is 400 g/mol. The molecule has 4 heteroatoms. The standard InChI is InChI=1S/C28H38O4/c1-6-10-21-12-16-23(17-13-21)27(29)31-25(8-3)20(5)26(9-4)32-28(30)24-18-14-22(11-7-2)15-19-24/h12-20,25-26H,6-11H2,1-5H3. The van der Waals surface area contributed by atoms with Gasteiger partial charge in [0.25, 0.3) is 0 Å². The summed E-state index contributed by atoms with van der Waals surface area (Å²) in [5.74, 6) is -0.782. The number of carbonyl (C=O) groups is 2. The number of ether oxygens (including phenoxy) is 2. The van der Waals surface area contributed by atoms with Crippen molar-refractivity contribution in [2.45, 2.75) is 85.4 Å². The minimum Gasteiger partial charge on any atom is -0.458 e. The molecule has 0 radical (unpaired) electrons. The summed E-state index contributed by atoms with van der Waals surface area (Å²) in [5, 5.41) is 0. The van der Waals surface area contributed by atoms with Gasteiger partial charge in [0.15, 0.2) is 0 Å². The molecule has 0 fully saturated rings. The second-order valence-electron chi connectivity index (χ2n) is 8.46. The SMILES string of the molecule is CCCc1ccc(C(=O)OC(CC)C(C)C(CC)OC(=O)c2ccc(CCC)cc2)cc1. The number of esters is 2. The molecule has 174 valence electrons. The molecule has 0 spiro atoms. The first-order valence-corrected chi connectivity index (χ1v) is 12.0. The van der Waals surface area contributed by atoms with E-state index in [1.807, 2.05) is 69.3 Å². The highest BCUT2D eigenvalue weighted by molar-refractivity contribution is 5.90. The van der Waals surface area contributed by atoms with Crippen LogP contribution in [0.25, 0.3) is 0 Å². The molecule has 2 aromatic rings. The van der Waals surface area contributed by atoms with E-state index >= 15 is 0 Å². The van der Waals surface area contributed by atoms with Gasteiger partial charge < -0.3 is 9.47 Å². The summed E-state index contributed by atoms with van der Waals surface area (Å²) in [5.41, 5.74) is 3.52. The van der Waals surface area contributed by atoms with E-state index in [2.05, 4.69) is 13.8 Å². The number of hydrogen-bond donors (Lipinski definition) is 0. The summed E-state index contributed by atoms with van der Waals surface area (Å²) in [7, 11) is 0. The van der Waals surface area contributed by atoms with E-state index < -0.39 is 0 Å². The molecule has 4 nitrogen and oxygen atoms in total. The molecule has 0 bridgehead atoms. The van der Waals surface area contributed by atoms with Crippen molar-refractivity contribution in [1.29, 1.82) is 0 Å². The van der Waals surface area contributed by atoms with Crippen LogP contribution in [0.15, 0.2) is 48.5 Å². The molecule has 0 heterocycles. The molecule has 0 saturated heterocycles. The monoisotopic (exact) mass is 438 g/mol. The zero-order chi connectivity index (χ0) is 23.5. The Bertz CT molecular complexity index is 767. The Morgan fingerprint density at radius 3 is 1.28 bits per heavy atom. The van der Waals surface area contributed by atoms with Crippen molar-refractivity contribution in [2.75, 3.05) is 0 Å². The number of rotatable bonds is 12. The van der Waals surface area contributed by atoms with E-state index in [1.165, 1.54) is 11.1 Å². The summed E-state index contributed by atoms with van der Waals surface area (Å²) in [6, 6.07) is 15.2. The van der Waals surface area contributed by atoms with Gasteiger partial charge >= 0.3 is 11.9 Å². The average molecular weight is 439 g/mol. The van der Waals surface area contributed by atoms with Crippen molar-refractivity contribution in [1.82, 2.24) is 0 Å². The van der Waals surface area contributed by atoms with Crippen LogP contribution < -0.4 is 0 Å². The number of carbonyl (C=O) groups excluding carboxylic acids is 2. The van der Waals surface area contributed by atoms with Gasteiger partial charge in [-0.2, -0.15) is 0 Å². The maximum absolute atomic E-state index is 12.7. The van der Waals surface area contributed by atoms with Gasteiger partial charge in [0, 0.05) is 5.92 Å². The van der Waals surface area contributed by atoms with Crippen molar-refractivity contribution < 1.29 is 19.1 Å². The smallest absolute Gasteiger partial charge is 0.338 e. The van der Waals surface area contributed by atoms with Gasteiger partial charge in [-0.1, -0.05) is 71.7 Å². The number of aryl methyl sites for hydroxylation is 2. The van der Waals surface area contributed by atoms with Gasteiger partial charge in [0.1, 0.15) is 12.2 Å². The van der Waals surface area contributed by atoms with Crippen molar-refractivity contribution in [3.05, 3.63) is 70.8 Å². The van der Waals surface area contributed by atoms with Crippen LogP contribution in [0.2, 0.25) is 0 Å². The van der Waals surface area contributed by atoms with Crippen LogP contribution in [0.1, 0.15) is 92.1 Å². The lowest BCUT2D eigenvalue weighted by Gasteiger charge is -2.29. The zero-order valence-corrected chi connectivity index (χ0v) is 20.2. The number of hydrogen-bond acceptors (Lipinski definition) is 4. The van der Waals surface area contributed by atoms with Crippen LogP contribution in [0.3, 0.4) is 0 Å². The van der Waals surface area contributed by atoms with Gasteiger partial charge in [0.05, 0.1) is 11.1 Å². The van der Waals surface area contributed by atoms with Gasteiger partial charge in [-0.05, 0) is 61.1 Å². The maximum Gasteiger partial charge on any atom is 0.338 e. The first-order chi connectivity index (χ1) is 15.4. The normalized spacial score (nSPS) is 13.8. The molecular formula is C28H38O4. The number of benzene rings is 2. The summed E-state index contributed by atoms with van der Waals surface area (Å²) in [6.07, 6.45) is 4.77. The minimum atomic E-state index is -0.334. The predicted molar refractivity (Wildman–Crippen MR) is 129 cm³/mol. The van der Waals surface area contributed by atoms with E-state index in [9.17, 15) is 9.59 Å². The Balaban J connectivity index is 2.01. The maximum atomic E-state index is 12.7. The molecule has 2 aromatic carbocycles. The Hall–Kier alpha value is -2.62. The van der Waals surface area contributed by atoms with Gasteiger partial charge in [-0.3, -0.25) is 0 Å². The third kappa shape index (κ3) is 7.22. The topological polar surface area (TPSA) is 52.6 Å². The summed E-state index contributed by atoms with van der Waals surface area (Å²) in [6.45, 7) is 10.2. The first-order valence-electron chi connectivity index (χ1n) is 12.0. The van der Waals surface area contributed by atoms with Crippen molar-refractivity contribution in [2.24, 2.45) is 5.92 Å². The van der Waals surface area contributed by atoms with E-state index in [0.29, 0.717) is 24.0 Å². The quantitative estimate of drug-likeness (QED) is 0.342. The third-order valence-corrected chi connectivity index (χ3v) is 5.95. The van der Waals surface area contributed by atoms with Gasteiger partial charge in [-0.15, -0.1) is 0 Å². The Kier molecular flexibility index (Phi) is 10.5. The molecule has 2 rings (SSSR count). The molecule has 0 saturated carbocycles. The van der Waals surface area contributed by atoms with E-state index in [-0.39, 0.29) is 30.1 Å². The predicted octanol–water partition coefficient (Wildman–Crippen LogP) is 6.80. The fraction of sp³-hybridized carbons (Fsp3) is 0.500. The van der Waals surface area contributed by atoms with Crippen LogP contribution in [-0.2, 0) is 22.3 Å². The molecule has 0 N–H and O–H groups in total. The molecule has 0 amide bonds. The molecule has 2 atom stereocenters. The van der Waals surface area contributed by atoms with Crippen LogP contribution in [0, 0.1) is 5.92 Å². The summed E-state index contributed by atoms with van der Waals surface area (Å²) < 4.78 is 11.7. The van der Waals surface area contributed by atoms with Crippen molar-refractivity contribution >= 4 is 11.9 Å². The second-order valence-corrected chi connectivity index (χ2v) is 8.46. The highest BCUT2D eigenvalue weighted by Gasteiger charge is 2.30. The third-order valence-electron chi connectivity index (χ3n) is 5.95. The van der Waals surface area contributed by atoms with Crippen LogP contribution >= 0.6 is 0 Å². The van der Waals surface area contributed by atoms with Crippen LogP contribution in [0.5, 0.6) is 0 Å². The molecule has 0 aliphatic rings. The summed E-state index contributed by atoms with van der Waals surface area (Å²) >= 11 is 0. The van der Waals surface area contributed by atoms with E-state index in [1.54, 1.807) is 0 Å². The fourth-order valence-electron chi connectivity index (χ4n) is 3.97. The second kappa shape index (κ2) is 13.0. The Morgan fingerprint density at radius 1 is 0.656 bits per heavy atom. The summed E-state index contributed by atoms with van der Waals surface area (Å²) in [4.78, 5) is 25.4. The highest BCUT2D eigenvalue weighted by atomic mass is 16.6. The van der Waals surface area contributed by atoms with Gasteiger partial charge in [-0.25, -0.2) is 9.59 Å². The van der Waals surface area contributed by atoms with Crippen LogP contribution in [0.4, 0.5) is 0 Å². The lowest BCUT2D eigenvalue weighted by atomic mass is 9.94. The lowest BCUT2D eigenvalue weighted by Crippen LogP contribution is -2.35. The Morgan fingerprint density at radius 2 is 1.00 bits per heavy atom. The highest BCUT2D eigenvalue weighted by Crippen LogP contribution is 2.23. The van der Waals surface area contributed by atoms with E-state index in [0.717, 1.165) is 25.7 Å². The Labute approximate surface area is 193 Å². The van der Waals surface area contributed by atoms with Crippen LogP contribution in [-0.4, -0.2) is 24.1 Å². The lowest BCUT2D eigenvalue weighted by molar-refractivity contribution is -0.0299. The zero-order valence-electron chi connectivity index (χ0n) is 20.2. The van der Waals surface area contributed by atoms with Gasteiger partial charge in [0.2, 0.25) is 0 Å². The first kappa shape index (κ1) is 25.6. The molecule has 0 aliphatic heterocycles. The average Bonchev–Trinajstić information content (AvgIpc) is 2.81. The van der Waals surface area contributed by atoms with Crippen molar-refractivity contribution in [3.63, 3.8) is 0 Å². The molecule has 0 aromatic heterocycles. The fourth-order valence-corrected chi connectivity index (χ4v) is 3.97. The molecule has 32 heavy (non-hydrogen) atoms. The van der Waals surface area contributed by atoms with Crippen molar-refractivity contribution in [3.8, 4) is 0 Å². The molecule has 0 aliphatic carbocycles. The molecule has 2 unspecified atom stereocenters. The largest absolute Gasteiger partial charge is 0.458 e. The minimum absolute atomic E-state index is 0.114. The van der Waals surface area contributed by atoms with E-state index in [4.69, 9.17) is 9.47 Å².